The van der Waals surface area contributed by atoms with Crippen molar-refractivity contribution in [2.75, 3.05) is 18.1 Å². The number of esters is 1. The number of anilines is 1. The summed E-state index contributed by atoms with van der Waals surface area (Å²) < 4.78 is 10.9. The number of Topliss-reactive ketones (excluding diaryl/α,β-unsaturated/α-hetero) is 1. The summed E-state index contributed by atoms with van der Waals surface area (Å²) in [5.41, 5.74) is 2.94. The lowest BCUT2D eigenvalue weighted by Crippen LogP contribution is -2.22. The van der Waals surface area contributed by atoms with Gasteiger partial charge in [0.05, 0.1) is 19.8 Å². The van der Waals surface area contributed by atoms with Crippen molar-refractivity contribution < 1.29 is 23.9 Å². The molecular weight excluding hydrogens is 394 g/mol. The number of ketones is 1. The van der Waals surface area contributed by atoms with Crippen LogP contribution in [0, 0.1) is 0 Å². The molecule has 0 aliphatic carbocycles. The van der Waals surface area contributed by atoms with E-state index in [9.17, 15) is 14.4 Å². The van der Waals surface area contributed by atoms with Crippen molar-refractivity contribution in [3.8, 4) is 5.75 Å². The van der Waals surface area contributed by atoms with E-state index in [1.165, 1.54) is 6.92 Å². The van der Waals surface area contributed by atoms with Crippen LogP contribution in [0.5, 0.6) is 5.75 Å². The number of fused-ring (bicyclic) bond motifs is 1. The highest BCUT2D eigenvalue weighted by Gasteiger charge is 2.31. The normalized spacial score (nSPS) is 12.6. The zero-order chi connectivity index (χ0) is 22.2. The third kappa shape index (κ3) is 5.72. The lowest BCUT2D eigenvalue weighted by Gasteiger charge is -2.16. The molecule has 6 heteroatoms. The molecule has 0 saturated heterocycles. The Hall–Kier alpha value is -3.15. The van der Waals surface area contributed by atoms with Crippen molar-refractivity contribution in [2.45, 2.75) is 52.5 Å². The molecule has 1 amide bonds. The van der Waals surface area contributed by atoms with Gasteiger partial charge in [0.15, 0.2) is 5.78 Å². The summed E-state index contributed by atoms with van der Waals surface area (Å²) in [7, 11) is 0. The summed E-state index contributed by atoms with van der Waals surface area (Å²) in [6, 6.07) is 12.7. The van der Waals surface area contributed by atoms with Gasteiger partial charge in [0.25, 0.3) is 5.91 Å². The van der Waals surface area contributed by atoms with Crippen LogP contribution in [0.2, 0.25) is 0 Å². The van der Waals surface area contributed by atoms with Gasteiger partial charge in [-0.25, -0.2) is 0 Å². The van der Waals surface area contributed by atoms with Crippen molar-refractivity contribution >= 4 is 23.3 Å². The Morgan fingerprint density at radius 3 is 2.45 bits per heavy atom. The van der Waals surface area contributed by atoms with Gasteiger partial charge in [-0.15, -0.1) is 0 Å². The predicted octanol–water partition coefficient (Wildman–Crippen LogP) is 4.94. The maximum atomic E-state index is 12.9. The summed E-state index contributed by atoms with van der Waals surface area (Å²) >= 11 is 0. The Kier molecular flexibility index (Phi) is 7.82. The fourth-order valence-electron chi connectivity index (χ4n) is 3.66. The first kappa shape index (κ1) is 22.5. The van der Waals surface area contributed by atoms with E-state index in [0.29, 0.717) is 37.3 Å². The molecule has 6 nitrogen and oxygen atoms in total. The number of rotatable bonds is 11. The zero-order valence-electron chi connectivity index (χ0n) is 18.2. The van der Waals surface area contributed by atoms with Gasteiger partial charge >= 0.3 is 5.97 Å². The largest absolute Gasteiger partial charge is 0.493 e. The van der Waals surface area contributed by atoms with Crippen molar-refractivity contribution in [3.05, 3.63) is 59.2 Å². The van der Waals surface area contributed by atoms with Crippen molar-refractivity contribution in [1.82, 2.24) is 0 Å². The van der Waals surface area contributed by atoms with Gasteiger partial charge in [0, 0.05) is 28.8 Å². The summed E-state index contributed by atoms with van der Waals surface area (Å²) in [6.07, 6.45) is 4.11. The summed E-state index contributed by atoms with van der Waals surface area (Å²) in [4.78, 5) is 37.4. The van der Waals surface area contributed by atoms with E-state index < -0.39 is 0 Å². The van der Waals surface area contributed by atoms with Gasteiger partial charge in [-0.1, -0.05) is 18.9 Å². The lowest BCUT2D eigenvalue weighted by molar-refractivity contribution is -0.143. The van der Waals surface area contributed by atoms with E-state index in [1.54, 1.807) is 29.2 Å². The van der Waals surface area contributed by atoms with Gasteiger partial charge in [-0.2, -0.15) is 0 Å². The van der Waals surface area contributed by atoms with Crippen LogP contribution in [-0.4, -0.2) is 30.9 Å². The van der Waals surface area contributed by atoms with Gasteiger partial charge < -0.3 is 14.4 Å². The van der Waals surface area contributed by atoms with E-state index >= 15 is 0 Å². The topological polar surface area (TPSA) is 72.9 Å². The van der Waals surface area contributed by atoms with Crippen molar-refractivity contribution in [2.24, 2.45) is 0 Å². The first-order valence-electron chi connectivity index (χ1n) is 10.8. The predicted molar refractivity (Wildman–Crippen MR) is 119 cm³/mol. The van der Waals surface area contributed by atoms with Crippen LogP contribution in [0.3, 0.4) is 0 Å². The summed E-state index contributed by atoms with van der Waals surface area (Å²) in [6.45, 7) is 4.78. The number of hydrogen-bond donors (Lipinski definition) is 0. The molecule has 0 spiro atoms. The maximum Gasteiger partial charge on any atom is 0.305 e. The van der Waals surface area contributed by atoms with E-state index in [4.69, 9.17) is 9.47 Å². The molecule has 0 bridgehead atoms. The average Bonchev–Trinajstić information content (AvgIpc) is 3.10. The van der Waals surface area contributed by atoms with Crippen LogP contribution < -0.4 is 9.64 Å². The second-order valence-corrected chi connectivity index (χ2v) is 7.59. The highest BCUT2D eigenvalue weighted by Crippen LogP contribution is 2.34. The molecule has 2 aromatic carbocycles. The van der Waals surface area contributed by atoms with Crippen LogP contribution >= 0.6 is 0 Å². The van der Waals surface area contributed by atoms with Gasteiger partial charge in [-0.3, -0.25) is 14.4 Å². The molecule has 0 atom stereocenters. The number of carbonyl (C=O) groups is 3. The van der Waals surface area contributed by atoms with Crippen LogP contribution in [0.1, 0.15) is 72.2 Å². The minimum atomic E-state index is -0.135. The molecular formula is C25H29NO5. The molecule has 1 aliphatic rings. The molecule has 2 aromatic rings. The standard InChI is InChI=1S/C25H29NO5/c1-3-30-24(28)11-6-4-5-7-16-31-23-10-8-9-21-22(23)17-26(25(21)29)20-14-12-19(13-15-20)18(2)27/h8-10,12-15H,3-7,11,16-17H2,1-2H3. The number of unbranched alkanes of at least 4 members (excludes halogenated alkanes) is 3. The molecule has 1 aliphatic heterocycles. The minimum absolute atomic E-state index is 0.000775. The molecule has 31 heavy (non-hydrogen) atoms. The Morgan fingerprint density at radius 1 is 1.00 bits per heavy atom. The molecule has 0 N–H and O–H groups in total. The third-order valence-electron chi connectivity index (χ3n) is 5.35. The van der Waals surface area contributed by atoms with E-state index in [-0.39, 0.29) is 17.7 Å². The Labute approximate surface area is 183 Å². The van der Waals surface area contributed by atoms with Crippen molar-refractivity contribution in [3.63, 3.8) is 0 Å². The molecule has 0 fully saturated rings. The second kappa shape index (κ2) is 10.8. The highest BCUT2D eigenvalue weighted by molar-refractivity contribution is 6.10. The Morgan fingerprint density at radius 2 is 1.74 bits per heavy atom. The Balaban J connectivity index is 1.52. The number of amides is 1. The lowest BCUT2D eigenvalue weighted by atomic mass is 10.1. The zero-order valence-corrected chi connectivity index (χ0v) is 18.2. The van der Waals surface area contributed by atoms with E-state index in [0.717, 1.165) is 42.7 Å². The molecule has 0 aromatic heterocycles. The third-order valence-corrected chi connectivity index (χ3v) is 5.35. The number of carbonyl (C=O) groups excluding carboxylic acids is 3. The number of hydrogen-bond acceptors (Lipinski definition) is 5. The van der Waals surface area contributed by atoms with Crippen LogP contribution in [0.25, 0.3) is 0 Å². The molecule has 164 valence electrons. The first-order valence-corrected chi connectivity index (χ1v) is 10.8. The fourth-order valence-corrected chi connectivity index (χ4v) is 3.66. The average molecular weight is 424 g/mol. The maximum absolute atomic E-state index is 12.9. The number of nitrogens with zero attached hydrogens (tertiary/aromatic N) is 1. The Bertz CT molecular complexity index is 935. The smallest absolute Gasteiger partial charge is 0.305 e. The number of ether oxygens (including phenoxy) is 2. The van der Waals surface area contributed by atoms with E-state index in [1.807, 2.05) is 25.1 Å². The summed E-state index contributed by atoms with van der Waals surface area (Å²) in [5.74, 6) is 0.540. The van der Waals surface area contributed by atoms with Crippen LogP contribution in [-0.2, 0) is 16.1 Å². The molecule has 1 heterocycles. The van der Waals surface area contributed by atoms with Gasteiger partial charge in [0.2, 0.25) is 0 Å². The second-order valence-electron chi connectivity index (χ2n) is 7.59. The molecule has 0 radical (unpaired) electrons. The number of benzene rings is 2. The quantitative estimate of drug-likeness (QED) is 0.291. The summed E-state index contributed by atoms with van der Waals surface area (Å²) in [5, 5.41) is 0. The SMILES string of the molecule is CCOC(=O)CCCCCCOc1cccc2c1CN(c1ccc(C(C)=O)cc1)C2=O. The van der Waals surface area contributed by atoms with Gasteiger partial charge in [-0.05, 0) is 63.1 Å². The first-order chi connectivity index (χ1) is 15.0. The highest BCUT2D eigenvalue weighted by atomic mass is 16.5. The molecule has 0 unspecified atom stereocenters. The van der Waals surface area contributed by atoms with E-state index in [2.05, 4.69) is 0 Å². The fraction of sp³-hybridized carbons (Fsp3) is 0.400. The molecule has 3 rings (SSSR count). The molecule has 0 saturated carbocycles. The minimum Gasteiger partial charge on any atom is -0.493 e. The van der Waals surface area contributed by atoms with Crippen LogP contribution in [0.15, 0.2) is 42.5 Å². The van der Waals surface area contributed by atoms with Crippen molar-refractivity contribution in [1.29, 1.82) is 0 Å². The van der Waals surface area contributed by atoms with Gasteiger partial charge in [0.1, 0.15) is 5.75 Å². The van der Waals surface area contributed by atoms with Crippen LogP contribution in [0.4, 0.5) is 5.69 Å². The monoisotopic (exact) mass is 423 g/mol.